The van der Waals surface area contributed by atoms with Crippen LogP contribution in [0.15, 0.2) is 0 Å². The zero-order valence-corrected chi connectivity index (χ0v) is 10.8. The predicted octanol–water partition coefficient (Wildman–Crippen LogP) is 1.16. The second kappa shape index (κ2) is 11.5. The van der Waals surface area contributed by atoms with Gasteiger partial charge in [0.05, 0.1) is 19.8 Å². The Hall–Kier alpha value is -0.940. The molecule has 0 radical (unpaired) electrons. The first-order valence-electron chi connectivity index (χ1n) is 6.08. The van der Waals surface area contributed by atoms with Crippen LogP contribution in [-0.2, 0) is 19.1 Å². The predicted molar refractivity (Wildman–Crippen MR) is 67.0 cm³/mol. The van der Waals surface area contributed by atoms with Gasteiger partial charge in [0.15, 0.2) is 5.78 Å². The van der Waals surface area contributed by atoms with Gasteiger partial charge in [-0.25, -0.2) is 0 Å². The quantitative estimate of drug-likeness (QED) is 0.556. The van der Waals surface area contributed by atoms with Crippen LogP contribution in [0.3, 0.4) is 0 Å². The highest BCUT2D eigenvalue weighted by atomic mass is 16.5. The molecule has 0 aliphatic rings. The van der Waals surface area contributed by atoms with Gasteiger partial charge in [0.25, 0.3) is 0 Å². The van der Waals surface area contributed by atoms with Crippen molar-refractivity contribution >= 4 is 11.7 Å². The number of Topliss-reactive ketones (excluding diaryl/α,β-unsaturated/α-hetero) is 1. The summed E-state index contributed by atoms with van der Waals surface area (Å²) in [5.41, 5.74) is 0. The number of amides is 1. The average Bonchev–Trinajstić information content (AvgIpc) is 2.29. The molecule has 5 heteroatoms. The largest absolute Gasteiger partial charge is 0.377 e. The Bertz CT molecular complexity index is 224. The number of hydrogen-bond donors (Lipinski definition) is 1. The molecule has 0 rings (SSSR count). The Kier molecular flexibility index (Phi) is 10.9. The topological polar surface area (TPSA) is 64.6 Å². The minimum atomic E-state index is 0. The van der Waals surface area contributed by atoms with E-state index in [4.69, 9.17) is 9.47 Å². The first-order chi connectivity index (χ1) is 8.16. The number of carbonyl (C=O) groups excluding carboxylic acids is 2. The summed E-state index contributed by atoms with van der Waals surface area (Å²) in [6.45, 7) is 5.51. The molecule has 1 amide bonds. The molecule has 102 valence electrons. The molecule has 0 bridgehead atoms. The molecule has 0 atom stereocenters. The zero-order valence-electron chi connectivity index (χ0n) is 10.8. The summed E-state index contributed by atoms with van der Waals surface area (Å²) in [5.74, 6) is 0.0801. The molecule has 0 aromatic carbocycles. The van der Waals surface area contributed by atoms with Gasteiger partial charge in [0.1, 0.15) is 6.61 Å². The van der Waals surface area contributed by atoms with Gasteiger partial charge in [0, 0.05) is 14.4 Å². The van der Waals surface area contributed by atoms with Gasteiger partial charge in [-0.2, -0.15) is 0 Å². The van der Waals surface area contributed by atoms with E-state index in [2.05, 4.69) is 12.2 Å². The lowest BCUT2D eigenvalue weighted by Crippen LogP contribution is -2.27. The van der Waals surface area contributed by atoms with Crippen LogP contribution in [0.1, 0.15) is 34.5 Å². The van der Waals surface area contributed by atoms with Crippen LogP contribution in [-0.4, -0.2) is 44.7 Å². The van der Waals surface area contributed by atoms with E-state index in [9.17, 15) is 9.59 Å². The summed E-state index contributed by atoms with van der Waals surface area (Å²) < 4.78 is 10.2. The van der Waals surface area contributed by atoms with Crippen molar-refractivity contribution in [2.24, 2.45) is 0 Å². The van der Waals surface area contributed by atoms with Crippen molar-refractivity contribution in [3.05, 3.63) is 0 Å². The highest BCUT2D eigenvalue weighted by molar-refractivity contribution is 5.76. The number of rotatable bonds is 11. The normalized spacial score (nSPS) is 10.2. The van der Waals surface area contributed by atoms with Gasteiger partial charge in [0.2, 0.25) is 5.91 Å². The van der Waals surface area contributed by atoms with Gasteiger partial charge >= 0.3 is 0 Å². The van der Waals surface area contributed by atoms with Gasteiger partial charge < -0.3 is 14.8 Å². The van der Waals surface area contributed by atoms with Crippen LogP contribution in [0.5, 0.6) is 0 Å². The molecule has 0 aromatic heterocycles. The van der Waals surface area contributed by atoms with Crippen LogP contribution >= 0.6 is 0 Å². The number of carbonyl (C=O) groups is 2. The van der Waals surface area contributed by atoms with E-state index in [0.29, 0.717) is 32.8 Å². The molecule has 0 aliphatic carbocycles. The third-order valence-corrected chi connectivity index (χ3v) is 2.00. The summed E-state index contributed by atoms with van der Waals surface area (Å²) in [6.07, 6.45) is 2.53. The third-order valence-electron chi connectivity index (χ3n) is 2.00. The molecule has 0 aromatic rings. The summed E-state index contributed by atoms with van der Waals surface area (Å²) in [6, 6.07) is 0. The first kappa shape index (κ1) is 16.1. The molecular formula is C12H25NO4. The minimum Gasteiger partial charge on any atom is -0.377 e. The summed E-state index contributed by atoms with van der Waals surface area (Å²) >= 11 is 0. The Morgan fingerprint density at radius 3 is 2.53 bits per heavy atom. The lowest BCUT2D eigenvalue weighted by atomic mass is 10.2. The van der Waals surface area contributed by atoms with Gasteiger partial charge in [-0.15, -0.1) is 0 Å². The maximum Gasteiger partial charge on any atom is 0.220 e. The number of ketones is 1. The second-order valence-electron chi connectivity index (χ2n) is 3.82. The van der Waals surface area contributed by atoms with Crippen molar-refractivity contribution in [3.63, 3.8) is 0 Å². The fourth-order valence-electron chi connectivity index (χ4n) is 1.12. The maximum atomic E-state index is 11.2. The van der Waals surface area contributed by atoms with E-state index in [-0.39, 0.29) is 19.7 Å². The first-order valence-corrected chi connectivity index (χ1v) is 6.08. The molecule has 0 fully saturated rings. The molecular weight excluding hydrogens is 222 g/mol. The van der Waals surface area contributed by atoms with Crippen LogP contribution in [0.4, 0.5) is 0 Å². The Morgan fingerprint density at radius 2 is 1.88 bits per heavy atom. The Labute approximate surface area is 104 Å². The summed E-state index contributed by atoms with van der Waals surface area (Å²) in [7, 11) is 0. The molecule has 0 unspecified atom stereocenters. The smallest absolute Gasteiger partial charge is 0.220 e. The monoisotopic (exact) mass is 247 g/mol. The standard InChI is InChI=1S/C12H23NO4.H2/c1-3-4-5-12(15)13-6-7-16-8-9-17-10-11(2)14;/h3-10H2,1-2H3,(H,13,15);1H. The Balaban J connectivity index is 0. The number of unbranched alkanes of at least 4 members (excludes halogenated alkanes) is 1. The lowest BCUT2D eigenvalue weighted by molar-refractivity contribution is -0.123. The Morgan fingerprint density at radius 1 is 1.18 bits per heavy atom. The molecule has 0 aliphatic heterocycles. The SMILES string of the molecule is CCCCC(=O)NCCOCCOCC(C)=O.[HH]. The van der Waals surface area contributed by atoms with Crippen molar-refractivity contribution in [1.82, 2.24) is 5.32 Å². The fraction of sp³-hybridized carbons (Fsp3) is 0.833. The van der Waals surface area contributed by atoms with Crippen LogP contribution in [0, 0.1) is 0 Å². The van der Waals surface area contributed by atoms with Crippen LogP contribution < -0.4 is 5.32 Å². The van der Waals surface area contributed by atoms with E-state index in [0.717, 1.165) is 12.8 Å². The third kappa shape index (κ3) is 13.0. The maximum absolute atomic E-state index is 11.2. The fourth-order valence-corrected chi connectivity index (χ4v) is 1.12. The van der Waals surface area contributed by atoms with Crippen molar-refractivity contribution < 1.29 is 20.5 Å². The van der Waals surface area contributed by atoms with Crippen molar-refractivity contribution in [3.8, 4) is 0 Å². The second-order valence-corrected chi connectivity index (χ2v) is 3.82. The van der Waals surface area contributed by atoms with Gasteiger partial charge in [-0.3, -0.25) is 9.59 Å². The van der Waals surface area contributed by atoms with E-state index < -0.39 is 0 Å². The van der Waals surface area contributed by atoms with E-state index in [1.807, 2.05) is 0 Å². The zero-order chi connectivity index (χ0) is 12.9. The van der Waals surface area contributed by atoms with E-state index in [1.165, 1.54) is 6.92 Å². The molecule has 0 saturated heterocycles. The van der Waals surface area contributed by atoms with Crippen molar-refractivity contribution in [2.75, 3.05) is 33.0 Å². The number of nitrogens with one attached hydrogen (secondary N) is 1. The molecule has 17 heavy (non-hydrogen) atoms. The molecule has 5 nitrogen and oxygen atoms in total. The lowest BCUT2D eigenvalue weighted by Gasteiger charge is -2.06. The van der Waals surface area contributed by atoms with Crippen LogP contribution in [0.2, 0.25) is 0 Å². The van der Waals surface area contributed by atoms with E-state index in [1.54, 1.807) is 0 Å². The molecule has 0 heterocycles. The minimum absolute atomic E-state index is 0. The van der Waals surface area contributed by atoms with Gasteiger partial charge in [-0.1, -0.05) is 13.3 Å². The molecule has 0 spiro atoms. The summed E-state index contributed by atoms with van der Waals surface area (Å²) in [5, 5.41) is 2.77. The van der Waals surface area contributed by atoms with Crippen molar-refractivity contribution in [1.29, 1.82) is 0 Å². The van der Waals surface area contributed by atoms with Gasteiger partial charge in [-0.05, 0) is 13.3 Å². The molecule has 0 saturated carbocycles. The number of hydrogen-bond acceptors (Lipinski definition) is 4. The highest BCUT2D eigenvalue weighted by Crippen LogP contribution is 1.92. The van der Waals surface area contributed by atoms with E-state index >= 15 is 0 Å². The highest BCUT2D eigenvalue weighted by Gasteiger charge is 1.98. The van der Waals surface area contributed by atoms with Crippen molar-refractivity contribution in [2.45, 2.75) is 33.1 Å². The molecule has 1 N–H and O–H groups in total. The van der Waals surface area contributed by atoms with Crippen LogP contribution in [0.25, 0.3) is 0 Å². The number of ether oxygens (including phenoxy) is 2. The summed E-state index contributed by atoms with van der Waals surface area (Å²) in [4.78, 5) is 21.7. The average molecular weight is 247 g/mol.